The van der Waals surface area contributed by atoms with E-state index in [1.807, 2.05) is 38.1 Å². The van der Waals surface area contributed by atoms with Crippen LogP contribution in [0.25, 0.3) is 0 Å². The first-order chi connectivity index (χ1) is 11.3. The summed E-state index contributed by atoms with van der Waals surface area (Å²) in [7, 11) is 0. The maximum absolute atomic E-state index is 12.4. The first-order valence-electron chi connectivity index (χ1n) is 8.44. The number of benzene rings is 1. The summed E-state index contributed by atoms with van der Waals surface area (Å²) >= 11 is 6.11. The lowest BCUT2D eigenvalue weighted by molar-refractivity contribution is -0.128. The van der Waals surface area contributed by atoms with Gasteiger partial charge < -0.3 is 16.4 Å². The van der Waals surface area contributed by atoms with Gasteiger partial charge in [0.15, 0.2) is 0 Å². The average Bonchev–Trinajstić information content (AvgIpc) is 3.01. The van der Waals surface area contributed by atoms with Crippen molar-refractivity contribution in [3.63, 3.8) is 0 Å². The molecule has 0 aromatic heterocycles. The summed E-state index contributed by atoms with van der Waals surface area (Å²) in [5, 5.41) is 6.38. The highest BCUT2D eigenvalue weighted by atomic mass is 35.5. The second-order valence-electron chi connectivity index (χ2n) is 6.84. The van der Waals surface area contributed by atoms with Crippen LogP contribution in [-0.2, 0) is 15.1 Å². The van der Waals surface area contributed by atoms with E-state index in [-0.39, 0.29) is 24.3 Å². The van der Waals surface area contributed by atoms with Crippen LogP contribution in [0.2, 0.25) is 5.02 Å². The van der Waals surface area contributed by atoms with Gasteiger partial charge in [-0.1, -0.05) is 50.4 Å². The van der Waals surface area contributed by atoms with Crippen LogP contribution in [0.15, 0.2) is 24.3 Å². The van der Waals surface area contributed by atoms with Crippen molar-refractivity contribution in [2.75, 3.05) is 6.54 Å². The van der Waals surface area contributed by atoms with E-state index < -0.39 is 11.6 Å². The molecule has 1 aliphatic rings. The third kappa shape index (κ3) is 4.48. The van der Waals surface area contributed by atoms with Crippen LogP contribution in [0.5, 0.6) is 0 Å². The Labute approximate surface area is 148 Å². The minimum atomic E-state index is -0.605. The van der Waals surface area contributed by atoms with Gasteiger partial charge in [-0.15, -0.1) is 0 Å². The molecule has 5 nitrogen and oxygen atoms in total. The summed E-state index contributed by atoms with van der Waals surface area (Å²) in [6, 6.07) is 7.01. The van der Waals surface area contributed by atoms with E-state index in [4.69, 9.17) is 17.3 Å². The fourth-order valence-electron chi connectivity index (χ4n) is 3.15. The average molecular weight is 352 g/mol. The van der Waals surface area contributed by atoms with Crippen LogP contribution in [0, 0.1) is 5.92 Å². The van der Waals surface area contributed by atoms with Crippen molar-refractivity contribution in [3.05, 3.63) is 34.9 Å². The number of amides is 2. The van der Waals surface area contributed by atoms with E-state index in [1.165, 1.54) is 0 Å². The molecule has 2 amide bonds. The molecule has 0 radical (unpaired) electrons. The van der Waals surface area contributed by atoms with Crippen LogP contribution in [-0.4, -0.2) is 24.4 Å². The quantitative estimate of drug-likeness (QED) is 0.735. The van der Waals surface area contributed by atoms with Gasteiger partial charge in [-0.05, 0) is 36.5 Å². The Morgan fingerprint density at radius 1 is 1.29 bits per heavy atom. The molecular weight excluding hydrogens is 326 g/mol. The van der Waals surface area contributed by atoms with Gasteiger partial charge in [0.1, 0.15) is 0 Å². The smallest absolute Gasteiger partial charge is 0.240 e. The number of hydrogen-bond acceptors (Lipinski definition) is 3. The molecule has 0 bridgehead atoms. The molecule has 1 aliphatic carbocycles. The van der Waals surface area contributed by atoms with Crippen molar-refractivity contribution in [1.82, 2.24) is 10.6 Å². The maximum Gasteiger partial charge on any atom is 0.240 e. The van der Waals surface area contributed by atoms with Crippen molar-refractivity contribution in [2.45, 2.75) is 51.1 Å². The lowest BCUT2D eigenvalue weighted by Crippen LogP contribution is -2.51. The highest BCUT2D eigenvalue weighted by Gasteiger charge is 2.37. The molecule has 0 heterocycles. The van der Waals surface area contributed by atoms with E-state index >= 15 is 0 Å². The Morgan fingerprint density at radius 3 is 2.54 bits per heavy atom. The Hall–Kier alpha value is -1.59. The van der Waals surface area contributed by atoms with Gasteiger partial charge in [0, 0.05) is 5.02 Å². The van der Waals surface area contributed by atoms with Crippen LogP contribution < -0.4 is 16.4 Å². The highest BCUT2D eigenvalue weighted by molar-refractivity contribution is 6.30. The third-order valence-electron chi connectivity index (χ3n) is 4.66. The summed E-state index contributed by atoms with van der Waals surface area (Å²) in [6.07, 6.45) is 3.85. The van der Waals surface area contributed by atoms with E-state index in [2.05, 4.69) is 10.6 Å². The van der Waals surface area contributed by atoms with Gasteiger partial charge in [-0.3, -0.25) is 9.59 Å². The van der Waals surface area contributed by atoms with Crippen LogP contribution >= 0.6 is 11.6 Å². The summed E-state index contributed by atoms with van der Waals surface area (Å²) in [5.74, 6) is -0.481. The number of carbonyl (C=O) groups excluding carboxylic acids is 2. The molecule has 24 heavy (non-hydrogen) atoms. The van der Waals surface area contributed by atoms with E-state index in [1.54, 1.807) is 0 Å². The zero-order valence-corrected chi connectivity index (χ0v) is 15.0. The molecule has 6 heteroatoms. The molecule has 0 saturated heterocycles. The molecule has 0 aliphatic heterocycles. The van der Waals surface area contributed by atoms with Crippen LogP contribution in [0.1, 0.15) is 45.1 Å². The number of hydrogen-bond donors (Lipinski definition) is 3. The van der Waals surface area contributed by atoms with Gasteiger partial charge >= 0.3 is 0 Å². The molecule has 1 aromatic rings. The lowest BCUT2D eigenvalue weighted by Gasteiger charge is -2.31. The predicted molar refractivity (Wildman–Crippen MR) is 95.6 cm³/mol. The number of nitrogens with one attached hydrogen (secondary N) is 2. The molecule has 0 unspecified atom stereocenters. The second kappa shape index (κ2) is 7.99. The first-order valence-corrected chi connectivity index (χ1v) is 8.82. The fraction of sp³-hybridized carbons (Fsp3) is 0.556. The Balaban J connectivity index is 2.01. The van der Waals surface area contributed by atoms with Crippen molar-refractivity contribution >= 4 is 23.4 Å². The minimum absolute atomic E-state index is 0.0284. The third-order valence-corrected chi connectivity index (χ3v) is 4.89. The van der Waals surface area contributed by atoms with Crippen molar-refractivity contribution < 1.29 is 9.59 Å². The number of nitrogens with two attached hydrogens (primary N) is 1. The largest absolute Gasteiger partial charge is 0.346 e. The van der Waals surface area contributed by atoms with E-state index in [9.17, 15) is 9.59 Å². The predicted octanol–water partition coefficient (Wildman–Crippen LogP) is 2.33. The Kier molecular flexibility index (Phi) is 6.24. The zero-order chi connectivity index (χ0) is 17.7. The molecular formula is C18H26ClN3O2. The summed E-state index contributed by atoms with van der Waals surface area (Å²) < 4.78 is 0. The highest BCUT2D eigenvalue weighted by Crippen LogP contribution is 2.39. The molecule has 1 atom stereocenters. The van der Waals surface area contributed by atoms with Gasteiger partial charge in [0.2, 0.25) is 11.8 Å². The standard InChI is InChI=1S/C18H26ClN3O2/c1-12(2)16(20)17(24)21-11-15(23)22-18(8-3-4-9-18)13-6-5-7-14(19)10-13/h5-7,10,12,16H,3-4,8-9,11,20H2,1-2H3,(H,21,24)(H,22,23)/t16-/m0/s1. The monoisotopic (exact) mass is 351 g/mol. The number of halogens is 1. The van der Waals surface area contributed by atoms with Crippen molar-refractivity contribution in [3.8, 4) is 0 Å². The van der Waals surface area contributed by atoms with Crippen LogP contribution in [0.4, 0.5) is 0 Å². The maximum atomic E-state index is 12.4. The number of carbonyl (C=O) groups is 2. The van der Waals surface area contributed by atoms with Crippen molar-refractivity contribution in [1.29, 1.82) is 0 Å². The molecule has 1 saturated carbocycles. The van der Waals surface area contributed by atoms with Crippen LogP contribution in [0.3, 0.4) is 0 Å². The molecule has 4 N–H and O–H groups in total. The van der Waals surface area contributed by atoms with E-state index in [0.717, 1.165) is 31.2 Å². The Bertz CT molecular complexity index is 598. The molecule has 2 rings (SSSR count). The van der Waals surface area contributed by atoms with Gasteiger partial charge in [0.05, 0.1) is 18.1 Å². The molecule has 0 spiro atoms. The van der Waals surface area contributed by atoms with E-state index in [0.29, 0.717) is 5.02 Å². The SMILES string of the molecule is CC(C)[C@H](N)C(=O)NCC(=O)NC1(c2cccc(Cl)c2)CCCC1. The minimum Gasteiger partial charge on any atom is -0.346 e. The summed E-state index contributed by atoms with van der Waals surface area (Å²) in [6.45, 7) is 3.68. The Morgan fingerprint density at radius 2 is 1.96 bits per heavy atom. The first kappa shape index (κ1) is 18.7. The molecule has 1 aromatic carbocycles. The van der Waals surface area contributed by atoms with Gasteiger partial charge in [-0.25, -0.2) is 0 Å². The zero-order valence-electron chi connectivity index (χ0n) is 14.3. The molecule has 132 valence electrons. The van der Waals surface area contributed by atoms with Gasteiger partial charge in [-0.2, -0.15) is 0 Å². The summed E-state index contributed by atoms with van der Waals surface area (Å²) in [4.78, 5) is 24.2. The van der Waals surface area contributed by atoms with Gasteiger partial charge in [0.25, 0.3) is 0 Å². The summed E-state index contributed by atoms with van der Waals surface area (Å²) in [5.41, 5.74) is 6.41. The topological polar surface area (TPSA) is 84.2 Å². The normalized spacial score (nSPS) is 17.5. The van der Waals surface area contributed by atoms with Crippen molar-refractivity contribution in [2.24, 2.45) is 11.7 Å². The second-order valence-corrected chi connectivity index (χ2v) is 7.27. The lowest BCUT2D eigenvalue weighted by atomic mass is 9.88. The number of rotatable bonds is 6. The fourth-order valence-corrected chi connectivity index (χ4v) is 3.34. The molecule has 1 fully saturated rings.